The van der Waals surface area contributed by atoms with Gasteiger partial charge in [-0.05, 0) is 57.5 Å². The van der Waals surface area contributed by atoms with Gasteiger partial charge >= 0.3 is 0 Å². The summed E-state index contributed by atoms with van der Waals surface area (Å²) >= 11 is 7.63. The molecular weight excluding hydrogens is 462 g/mol. The first kappa shape index (κ1) is 24.5. The number of pyridine rings is 1. The van der Waals surface area contributed by atoms with Gasteiger partial charge in [-0.25, -0.2) is 15.0 Å². The van der Waals surface area contributed by atoms with Crippen LogP contribution in [-0.2, 0) is 5.75 Å². The first-order chi connectivity index (χ1) is 15.7. The highest BCUT2D eigenvalue weighted by atomic mass is 35.5. The Morgan fingerprint density at radius 1 is 1.00 bits per heavy atom. The molecule has 0 radical (unpaired) electrons. The number of rotatable bonds is 7. The third kappa shape index (κ3) is 7.16. The number of hydrogen-bond acceptors (Lipinski definition) is 7. The van der Waals surface area contributed by atoms with Crippen LogP contribution in [0.2, 0.25) is 5.02 Å². The van der Waals surface area contributed by atoms with Crippen molar-refractivity contribution in [2.24, 2.45) is 0 Å². The van der Waals surface area contributed by atoms with Crippen LogP contribution in [0.4, 0.5) is 0 Å². The summed E-state index contributed by atoms with van der Waals surface area (Å²) in [4.78, 5) is 37.6. The highest BCUT2D eigenvalue weighted by Gasteiger charge is 2.13. The Balaban J connectivity index is 1.53. The summed E-state index contributed by atoms with van der Waals surface area (Å²) in [7, 11) is 0. The highest BCUT2D eigenvalue weighted by molar-refractivity contribution is 7.98. The van der Waals surface area contributed by atoms with E-state index in [0.717, 1.165) is 22.1 Å². The number of nitrogens with one attached hydrogen (secondary N) is 2. The van der Waals surface area contributed by atoms with E-state index >= 15 is 0 Å². The lowest BCUT2D eigenvalue weighted by Gasteiger charge is -2.11. The zero-order valence-electron chi connectivity index (χ0n) is 18.7. The fraction of sp³-hybridized carbons (Fsp3) is 0.261. The van der Waals surface area contributed by atoms with Crippen molar-refractivity contribution in [2.75, 3.05) is 0 Å². The molecule has 2 amide bonds. The number of hydrogen-bond donors (Lipinski definition) is 2. The number of ether oxygens (including phenoxy) is 1. The molecule has 0 spiro atoms. The molecule has 1 aromatic carbocycles. The maximum atomic E-state index is 12.4. The van der Waals surface area contributed by atoms with Crippen molar-refractivity contribution in [3.8, 4) is 5.88 Å². The molecule has 2 heterocycles. The number of carbonyl (C=O) groups excluding carboxylic acids is 2. The molecule has 0 aliphatic heterocycles. The first-order valence-corrected chi connectivity index (χ1v) is 11.5. The van der Waals surface area contributed by atoms with Crippen LogP contribution in [0.15, 0.2) is 47.8 Å². The van der Waals surface area contributed by atoms with E-state index in [1.165, 1.54) is 24.0 Å². The third-order valence-corrected chi connectivity index (χ3v) is 5.44. The van der Waals surface area contributed by atoms with Gasteiger partial charge in [0.1, 0.15) is 5.02 Å². The molecule has 8 nitrogen and oxygen atoms in total. The summed E-state index contributed by atoms with van der Waals surface area (Å²) in [5, 5.41) is 0.929. The van der Waals surface area contributed by atoms with E-state index in [-0.39, 0.29) is 22.6 Å². The molecule has 3 rings (SSSR count). The number of benzene rings is 1. The Labute approximate surface area is 201 Å². The van der Waals surface area contributed by atoms with Crippen LogP contribution < -0.4 is 15.6 Å². The van der Waals surface area contributed by atoms with Crippen molar-refractivity contribution < 1.29 is 14.3 Å². The van der Waals surface area contributed by atoms with Crippen LogP contribution in [0.3, 0.4) is 0 Å². The second-order valence-corrected chi connectivity index (χ2v) is 8.85. The number of carbonyl (C=O) groups is 2. The quantitative estimate of drug-likeness (QED) is 0.292. The van der Waals surface area contributed by atoms with Crippen LogP contribution >= 0.6 is 23.4 Å². The van der Waals surface area contributed by atoms with Gasteiger partial charge in [-0.15, -0.1) is 0 Å². The van der Waals surface area contributed by atoms with E-state index in [1.54, 1.807) is 12.1 Å². The van der Waals surface area contributed by atoms with Crippen LogP contribution in [-0.4, -0.2) is 32.9 Å². The fourth-order valence-electron chi connectivity index (χ4n) is 2.78. The van der Waals surface area contributed by atoms with Gasteiger partial charge in [-0.3, -0.25) is 20.4 Å². The predicted molar refractivity (Wildman–Crippen MR) is 127 cm³/mol. The molecule has 0 fully saturated rings. The number of halogens is 1. The van der Waals surface area contributed by atoms with Gasteiger partial charge in [0.25, 0.3) is 11.8 Å². The van der Waals surface area contributed by atoms with E-state index in [4.69, 9.17) is 16.3 Å². The van der Waals surface area contributed by atoms with E-state index in [2.05, 4.69) is 25.8 Å². The Morgan fingerprint density at radius 2 is 1.61 bits per heavy atom. The SMILES string of the molecule is Cc1cc(C)nc(SCc2ccc(C(=O)NNC(=O)c3cnc(OC(C)C)c(Cl)c3)cc2)n1. The number of thioether (sulfide) groups is 1. The number of hydrazine groups is 1. The molecule has 0 unspecified atom stereocenters. The Hall–Kier alpha value is -3.17. The van der Waals surface area contributed by atoms with Crippen LogP contribution in [0, 0.1) is 13.8 Å². The molecule has 0 saturated carbocycles. The smallest absolute Gasteiger partial charge is 0.271 e. The van der Waals surface area contributed by atoms with Crippen LogP contribution in [0.25, 0.3) is 0 Å². The molecule has 0 bridgehead atoms. The normalized spacial score (nSPS) is 10.7. The molecule has 33 heavy (non-hydrogen) atoms. The minimum atomic E-state index is -0.546. The Morgan fingerprint density at radius 3 is 2.18 bits per heavy atom. The maximum absolute atomic E-state index is 12.4. The van der Waals surface area contributed by atoms with E-state index in [1.807, 2.05) is 45.9 Å². The lowest BCUT2D eigenvalue weighted by atomic mass is 10.1. The van der Waals surface area contributed by atoms with Crippen molar-refractivity contribution in [3.63, 3.8) is 0 Å². The van der Waals surface area contributed by atoms with Gasteiger partial charge in [-0.1, -0.05) is 35.5 Å². The Bertz CT molecular complexity index is 1140. The zero-order valence-corrected chi connectivity index (χ0v) is 20.3. The molecule has 2 N–H and O–H groups in total. The summed E-state index contributed by atoms with van der Waals surface area (Å²) in [5.41, 5.74) is 8.22. The first-order valence-electron chi connectivity index (χ1n) is 10.2. The molecule has 10 heteroatoms. The van der Waals surface area contributed by atoms with Crippen LogP contribution in [0.5, 0.6) is 5.88 Å². The second kappa shape index (κ2) is 11.1. The molecule has 2 aromatic heterocycles. The summed E-state index contributed by atoms with van der Waals surface area (Å²) in [6.45, 7) is 7.57. The Kier molecular flexibility index (Phi) is 8.24. The molecule has 172 valence electrons. The lowest BCUT2D eigenvalue weighted by molar-refractivity contribution is 0.0846. The molecule has 0 saturated heterocycles. The summed E-state index contributed by atoms with van der Waals surface area (Å²) < 4.78 is 5.45. The lowest BCUT2D eigenvalue weighted by Crippen LogP contribution is -2.41. The number of aromatic nitrogens is 3. The number of amides is 2. The fourth-order valence-corrected chi connectivity index (χ4v) is 3.89. The monoisotopic (exact) mass is 485 g/mol. The van der Waals surface area contributed by atoms with Gasteiger partial charge in [0.2, 0.25) is 5.88 Å². The minimum Gasteiger partial charge on any atom is -0.474 e. The number of aryl methyl sites for hydroxylation is 2. The standard InChI is InChI=1S/C23H24ClN5O3S/c1-13(2)32-22-19(24)10-18(11-25-22)21(31)29-28-20(30)17-7-5-16(6-8-17)12-33-23-26-14(3)9-15(4)27-23/h5-11,13H,12H2,1-4H3,(H,28,30)(H,29,31). The molecule has 3 aromatic rings. The van der Waals surface area contributed by atoms with Gasteiger partial charge in [-0.2, -0.15) is 0 Å². The average Bonchev–Trinajstić information content (AvgIpc) is 2.76. The topological polar surface area (TPSA) is 106 Å². The molecule has 0 atom stereocenters. The van der Waals surface area contributed by atoms with Gasteiger partial charge in [0.15, 0.2) is 5.16 Å². The summed E-state index contributed by atoms with van der Waals surface area (Å²) in [5.74, 6) is -0.0739. The van der Waals surface area contributed by atoms with Crippen LogP contribution in [0.1, 0.15) is 51.5 Å². The minimum absolute atomic E-state index is 0.0981. The molecule has 0 aliphatic carbocycles. The molecular formula is C23H24ClN5O3S. The summed E-state index contributed by atoms with van der Waals surface area (Å²) in [6.07, 6.45) is 1.23. The van der Waals surface area contributed by atoms with E-state index in [9.17, 15) is 9.59 Å². The van der Waals surface area contributed by atoms with Gasteiger partial charge in [0, 0.05) is 28.9 Å². The van der Waals surface area contributed by atoms with Crippen molar-refractivity contribution in [3.05, 3.63) is 75.7 Å². The maximum Gasteiger partial charge on any atom is 0.271 e. The third-order valence-electron chi connectivity index (χ3n) is 4.25. The van der Waals surface area contributed by atoms with Gasteiger partial charge in [0.05, 0.1) is 11.7 Å². The van der Waals surface area contributed by atoms with Gasteiger partial charge < -0.3 is 4.74 Å². The number of nitrogens with zero attached hydrogens (tertiary/aromatic N) is 3. The van der Waals surface area contributed by atoms with Crippen molar-refractivity contribution in [1.82, 2.24) is 25.8 Å². The largest absolute Gasteiger partial charge is 0.474 e. The highest BCUT2D eigenvalue weighted by Crippen LogP contribution is 2.23. The van der Waals surface area contributed by atoms with Crippen molar-refractivity contribution >= 4 is 35.2 Å². The summed E-state index contributed by atoms with van der Waals surface area (Å²) in [6, 6.07) is 10.4. The predicted octanol–water partition coefficient (Wildman–Crippen LogP) is 4.30. The second-order valence-electron chi connectivity index (χ2n) is 7.50. The van der Waals surface area contributed by atoms with E-state index < -0.39 is 11.8 Å². The van der Waals surface area contributed by atoms with Crippen molar-refractivity contribution in [2.45, 2.75) is 44.7 Å². The molecule has 0 aliphatic rings. The zero-order chi connectivity index (χ0) is 24.0. The van der Waals surface area contributed by atoms with E-state index in [0.29, 0.717) is 11.3 Å². The van der Waals surface area contributed by atoms with Crippen molar-refractivity contribution in [1.29, 1.82) is 0 Å². The average molecular weight is 486 g/mol.